The lowest BCUT2D eigenvalue weighted by Crippen LogP contribution is -2.21. The SMILES string of the molecule is CN1N=C(SCc2ccc(C(F)(F)F)cc2C#N)Sc2nnc(OCC(F)(F)F)cc21. The topological polar surface area (TPSA) is 74.4 Å². The van der Waals surface area contributed by atoms with E-state index in [-0.39, 0.29) is 17.2 Å². The number of halogens is 6. The molecule has 0 unspecified atom stereocenters. The van der Waals surface area contributed by atoms with Crippen molar-refractivity contribution in [3.63, 3.8) is 0 Å². The highest BCUT2D eigenvalue weighted by Crippen LogP contribution is 2.39. The number of thioether (sulfide) groups is 2. The Morgan fingerprint density at radius 1 is 1.16 bits per heavy atom. The number of ether oxygens (including phenoxy) is 1. The van der Waals surface area contributed by atoms with Gasteiger partial charge < -0.3 is 4.74 Å². The zero-order chi connectivity index (χ0) is 22.8. The van der Waals surface area contributed by atoms with E-state index in [1.54, 1.807) is 13.1 Å². The van der Waals surface area contributed by atoms with Crippen LogP contribution in [0.2, 0.25) is 0 Å². The van der Waals surface area contributed by atoms with E-state index in [4.69, 9.17) is 5.26 Å². The van der Waals surface area contributed by atoms with Gasteiger partial charge in [-0.1, -0.05) is 17.8 Å². The van der Waals surface area contributed by atoms with Crippen LogP contribution in [-0.2, 0) is 11.9 Å². The highest BCUT2D eigenvalue weighted by Gasteiger charge is 2.31. The third kappa shape index (κ3) is 5.95. The predicted molar refractivity (Wildman–Crippen MR) is 103 cm³/mol. The molecule has 3 rings (SSSR count). The zero-order valence-corrected chi connectivity index (χ0v) is 17.1. The molecule has 14 heteroatoms. The highest BCUT2D eigenvalue weighted by molar-refractivity contribution is 8.38. The molecule has 0 N–H and O–H groups in total. The Hall–Kier alpha value is -2.66. The van der Waals surface area contributed by atoms with Crippen LogP contribution < -0.4 is 9.75 Å². The van der Waals surface area contributed by atoms with Crippen molar-refractivity contribution in [3.8, 4) is 11.9 Å². The van der Waals surface area contributed by atoms with E-state index < -0.39 is 24.5 Å². The van der Waals surface area contributed by atoms with Gasteiger partial charge >= 0.3 is 12.4 Å². The number of hydrogen-bond donors (Lipinski definition) is 0. The quantitative estimate of drug-likeness (QED) is 0.568. The smallest absolute Gasteiger partial charge is 0.422 e. The van der Waals surface area contributed by atoms with Crippen LogP contribution in [0.4, 0.5) is 32.0 Å². The molecule has 0 atom stereocenters. The van der Waals surface area contributed by atoms with Crippen LogP contribution in [0.15, 0.2) is 34.4 Å². The summed E-state index contributed by atoms with van der Waals surface area (Å²) < 4.78 is 80.3. The lowest BCUT2D eigenvalue weighted by Gasteiger charge is -2.22. The van der Waals surface area contributed by atoms with Gasteiger partial charge in [-0.05, 0) is 29.5 Å². The molecule has 0 aliphatic carbocycles. The Labute approximate surface area is 180 Å². The Morgan fingerprint density at radius 3 is 2.55 bits per heavy atom. The summed E-state index contributed by atoms with van der Waals surface area (Å²) in [5.41, 5.74) is -0.216. The maximum absolute atomic E-state index is 12.8. The maximum atomic E-state index is 12.8. The molecule has 0 saturated heterocycles. The molecular weight excluding hydrogens is 468 g/mol. The molecule has 1 aliphatic rings. The molecule has 1 aromatic heterocycles. The predicted octanol–water partition coefficient (Wildman–Crippen LogP) is 5.05. The molecule has 0 radical (unpaired) electrons. The molecule has 164 valence electrons. The summed E-state index contributed by atoms with van der Waals surface area (Å²) in [4.78, 5) is 0. The van der Waals surface area contributed by atoms with Crippen molar-refractivity contribution in [1.29, 1.82) is 5.26 Å². The van der Waals surface area contributed by atoms with Gasteiger partial charge in [0.05, 0.1) is 22.9 Å². The van der Waals surface area contributed by atoms with Crippen LogP contribution in [-0.4, -0.2) is 34.4 Å². The van der Waals surface area contributed by atoms with Crippen molar-refractivity contribution >= 4 is 33.6 Å². The number of alkyl halides is 6. The van der Waals surface area contributed by atoms with Crippen molar-refractivity contribution in [1.82, 2.24) is 10.2 Å². The van der Waals surface area contributed by atoms with Crippen LogP contribution in [0.25, 0.3) is 0 Å². The lowest BCUT2D eigenvalue weighted by atomic mass is 10.1. The number of hydrogen-bond acceptors (Lipinski definition) is 8. The number of anilines is 1. The lowest BCUT2D eigenvalue weighted by molar-refractivity contribution is -0.154. The van der Waals surface area contributed by atoms with Crippen molar-refractivity contribution in [2.75, 3.05) is 18.7 Å². The van der Waals surface area contributed by atoms with E-state index in [1.165, 1.54) is 28.9 Å². The number of fused-ring (bicyclic) bond motifs is 1. The van der Waals surface area contributed by atoms with Gasteiger partial charge in [0.2, 0.25) is 5.88 Å². The number of hydrazone groups is 1. The first-order valence-corrected chi connectivity index (χ1v) is 10.1. The fourth-order valence-corrected chi connectivity index (χ4v) is 4.41. The molecule has 0 fully saturated rings. The molecule has 0 spiro atoms. The maximum Gasteiger partial charge on any atom is 0.422 e. The molecule has 1 aliphatic heterocycles. The largest absolute Gasteiger partial charge is 0.467 e. The summed E-state index contributed by atoms with van der Waals surface area (Å²) in [5, 5.41) is 22.6. The third-order valence-corrected chi connectivity index (χ3v) is 5.90. The van der Waals surface area contributed by atoms with Gasteiger partial charge in [-0.3, -0.25) is 5.01 Å². The standard InChI is InChI=1S/C17H11F6N5OS2/c1-28-12-5-13(29-8-16(18,19)20)25-26-14(12)31-15(27-28)30-7-9-2-3-11(17(21,22)23)4-10(9)6-24/h2-5H,7-8H2,1H3. The second-order valence-corrected chi connectivity index (χ2v) is 8.24. The molecule has 0 amide bonds. The number of nitrogens with zero attached hydrogens (tertiary/aromatic N) is 5. The molecule has 2 heterocycles. The first-order valence-electron chi connectivity index (χ1n) is 8.27. The zero-order valence-electron chi connectivity index (χ0n) is 15.5. The van der Waals surface area contributed by atoms with E-state index in [2.05, 4.69) is 20.0 Å². The fourth-order valence-electron chi connectivity index (χ4n) is 2.34. The first kappa shape index (κ1) is 23.0. The van der Waals surface area contributed by atoms with Crippen molar-refractivity contribution in [3.05, 3.63) is 41.0 Å². The summed E-state index contributed by atoms with van der Waals surface area (Å²) in [6.07, 6.45) is -9.06. The number of nitriles is 1. The third-order valence-electron chi connectivity index (χ3n) is 3.78. The number of aromatic nitrogens is 2. The summed E-state index contributed by atoms with van der Waals surface area (Å²) >= 11 is 2.26. The van der Waals surface area contributed by atoms with Crippen LogP contribution in [0.1, 0.15) is 16.7 Å². The minimum Gasteiger partial charge on any atom is -0.467 e. The van der Waals surface area contributed by atoms with Gasteiger partial charge in [0, 0.05) is 18.9 Å². The summed E-state index contributed by atoms with van der Waals surface area (Å²) in [7, 11) is 1.55. The molecule has 2 aromatic rings. The summed E-state index contributed by atoms with van der Waals surface area (Å²) in [6, 6.07) is 5.97. The van der Waals surface area contributed by atoms with Gasteiger partial charge in [0.15, 0.2) is 16.0 Å². The fraction of sp³-hybridized carbons (Fsp3) is 0.294. The van der Waals surface area contributed by atoms with E-state index in [0.29, 0.717) is 20.7 Å². The van der Waals surface area contributed by atoms with E-state index >= 15 is 0 Å². The average Bonchev–Trinajstić information content (AvgIpc) is 2.69. The van der Waals surface area contributed by atoms with Crippen LogP contribution in [0, 0.1) is 11.3 Å². The Balaban J connectivity index is 1.70. The Morgan fingerprint density at radius 2 is 1.90 bits per heavy atom. The van der Waals surface area contributed by atoms with Gasteiger partial charge in [0.1, 0.15) is 0 Å². The van der Waals surface area contributed by atoms with Crippen molar-refractivity contribution in [2.24, 2.45) is 5.10 Å². The molecular formula is C17H11F6N5OS2. The molecule has 0 bridgehead atoms. The van der Waals surface area contributed by atoms with Crippen LogP contribution >= 0.6 is 23.5 Å². The second kappa shape index (κ2) is 8.83. The minimum atomic E-state index is -4.55. The number of benzene rings is 1. The second-order valence-electron chi connectivity index (χ2n) is 6.04. The number of rotatable bonds is 4. The Kier molecular flexibility index (Phi) is 6.56. The van der Waals surface area contributed by atoms with E-state index in [0.717, 1.165) is 23.9 Å². The van der Waals surface area contributed by atoms with Gasteiger partial charge in [-0.25, -0.2) is 0 Å². The summed E-state index contributed by atoms with van der Waals surface area (Å²) in [6.45, 7) is -1.50. The average molecular weight is 479 g/mol. The normalized spacial score (nSPS) is 14.0. The first-order chi connectivity index (χ1) is 14.5. The molecule has 6 nitrogen and oxygen atoms in total. The van der Waals surface area contributed by atoms with Gasteiger partial charge in [-0.15, -0.1) is 10.2 Å². The van der Waals surface area contributed by atoms with Crippen molar-refractivity contribution in [2.45, 2.75) is 23.1 Å². The van der Waals surface area contributed by atoms with E-state index in [9.17, 15) is 26.3 Å². The Bertz CT molecular complexity index is 1050. The molecule has 0 saturated carbocycles. The van der Waals surface area contributed by atoms with Crippen molar-refractivity contribution < 1.29 is 31.1 Å². The molecule has 1 aromatic carbocycles. The van der Waals surface area contributed by atoms with Gasteiger partial charge in [0.25, 0.3) is 0 Å². The van der Waals surface area contributed by atoms with Crippen LogP contribution in [0.5, 0.6) is 5.88 Å². The summed E-state index contributed by atoms with van der Waals surface area (Å²) in [5.74, 6) is -0.130. The van der Waals surface area contributed by atoms with E-state index in [1.807, 2.05) is 0 Å². The van der Waals surface area contributed by atoms with Gasteiger partial charge in [-0.2, -0.15) is 36.7 Å². The monoisotopic (exact) mass is 479 g/mol. The highest BCUT2D eigenvalue weighted by atomic mass is 32.2. The molecule has 31 heavy (non-hydrogen) atoms. The van der Waals surface area contributed by atoms with Crippen LogP contribution in [0.3, 0.4) is 0 Å². The minimum absolute atomic E-state index is 0.0938.